The zero-order chi connectivity index (χ0) is 28.4. The Hall–Kier alpha value is -3.87. The number of carbonyl (C=O) groups is 1. The van der Waals surface area contributed by atoms with E-state index in [0.29, 0.717) is 12.2 Å². The minimum Gasteiger partial charge on any atom is -0.494 e. The smallest absolute Gasteiger partial charge is 0.132 e. The maximum atomic E-state index is 11.3. The van der Waals surface area contributed by atoms with Gasteiger partial charge >= 0.3 is 0 Å². The van der Waals surface area contributed by atoms with E-state index in [9.17, 15) is 4.79 Å². The second-order valence-corrected chi connectivity index (χ2v) is 10.1. The zero-order valence-corrected chi connectivity index (χ0v) is 24.3. The van der Waals surface area contributed by atoms with Gasteiger partial charge in [0.1, 0.15) is 11.5 Å². The fraction of sp³-hybridized carbons (Fsp3) is 0.424. The van der Waals surface area contributed by atoms with Gasteiger partial charge in [0.2, 0.25) is 0 Å². The van der Waals surface area contributed by atoms with Gasteiger partial charge in [-0.15, -0.1) is 0 Å². The van der Waals surface area contributed by atoms with Crippen molar-refractivity contribution in [1.82, 2.24) is 0 Å². The number of ketones is 1. The van der Waals surface area contributed by atoms with Crippen molar-refractivity contribution in [2.24, 2.45) is 20.5 Å². The van der Waals surface area contributed by atoms with Crippen LogP contribution in [0.25, 0.3) is 0 Å². The van der Waals surface area contributed by atoms with Gasteiger partial charge in [0.15, 0.2) is 0 Å². The molecule has 7 heteroatoms. The molecule has 0 saturated carbocycles. The number of anilines is 1. The molecule has 0 saturated heterocycles. The van der Waals surface area contributed by atoms with E-state index in [2.05, 4.69) is 20.5 Å². The highest BCUT2D eigenvalue weighted by molar-refractivity contribution is 5.77. The summed E-state index contributed by atoms with van der Waals surface area (Å²) >= 11 is 0. The molecule has 0 aliphatic rings. The highest BCUT2D eigenvalue weighted by Gasteiger charge is 2.00. The van der Waals surface area contributed by atoms with Crippen molar-refractivity contribution in [2.75, 3.05) is 25.6 Å². The van der Waals surface area contributed by atoms with E-state index in [1.54, 1.807) is 0 Å². The van der Waals surface area contributed by atoms with Gasteiger partial charge in [-0.05, 0) is 85.6 Å². The number of azo groups is 2. The van der Waals surface area contributed by atoms with Gasteiger partial charge in [-0.3, -0.25) is 4.79 Å². The van der Waals surface area contributed by atoms with Crippen molar-refractivity contribution in [3.05, 3.63) is 72.8 Å². The Bertz CT molecular complexity index is 1190. The summed E-state index contributed by atoms with van der Waals surface area (Å²) in [4.78, 5) is 13.3. The predicted molar refractivity (Wildman–Crippen MR) is 164 cm³/mol. The number of hydrogen-bond donors (Lipinski definition) is 0. The van der Waals surface area contributed by atoms with E-state index in [-0.39, 0.29) is 0 Å². The first-order valence-electron chi connectivity index (χ1n) is 14.5. The maximum absolute atomic E-state index is 11.3. The molecule has 0 unspecified atom stereocenters. The van der Waals surface area contributed by atoms with Crippen LogP contribution in [0, 0.1) is 0 Å². The first-order valence-corrected chi connectivity index (χ1v) is 14.5. The third-order valence-electron chi connectivity index (χ3n) is 6.63. The van der Waals surface area contributed by atoms with Crippen LogP contribution in [0.15, 0.2) is 93.3 Å². The third-order valence-corrected chi connectivity index (χ3v) is 6.63. The molecule has 0 aliphatic carbocycles. The second-order valence-electron chi connectivity index (χ2n) is 10.1. The Morgan fingerprint density at radius 3 is 1.45 bits per heavy atom. The average Bonchev–Trinajstić information content (AvgIpc) is 2.99. The molecule has 0 fully saturated rings. The number of unbranched alkanes of at least 4 members (excludes halogenated alkanes) is 7. The SMILES string of the molecule is CCC(=O)CCCCCCCCCCOc1ccc(N=Nc2ccc(N=Nc3ccc(N(C)C)cc3)cc2)cc1. The number of rotatable bonds is 18. The van der Waals surface area contributed by atoms with E-state index in [4.69, 9.17) is 4.74 Å². The average molecular weight is 542 g/mol. The maximum Gasteiger partial charge on any atom is 0.132 e. The fourth-order valence-electron chi connectivity index (χ4n) is 4.10. The molecule has 0 atom stereocenters. The predicted octanol–water partition coefficient (Wildman–Crippen LogP) is 10.5. The van der Waals surface area contributed by atoms with E-state index >= 15 is 0 Å². The molecule has 40 heavy (non-hydrogen) atoms. The molecule has 3 aromatic rings. The lowest BCUT2D eigenvalue weighted by molar-refractivity contribution is -0.118. The van der Waals surface area contributed by atoms with Crippen molar-refractivity contribution < 1.29 is 9.53 Å². The van der Waals surface area contributed by atoms with Gasteiger partial charge in [0, 0.05) is 32.6 Å². The summed E-state index contributed by atoms with van der Waals surface area (Å²) in [6.07, 6.45) is 10.9. The summed E-state index contributed by atoms with van der Waals surface area (Å²) in [5, 5.41) is 17.3. The topological polar surface area (TPSA) is 79.0 Å². The number of carbonyl (C=O) groups excluding carboxylic acids is 1. The summed E-state index contributed by atoms with van der Waals surface area (Å²) in [5.41, 5.74) is 4.21. The van der Waals surface area contributed by atoms with Crippen LogP contribution in [0.2, 0.25) is 0 Å². The van der Waals surface area contributed by atoms with Gasteiger partial charge < -0.3 is 9.64 Å². The van der Waals surface area contributed by atoms with Crippen LogP contribution >= 0.6 is 0 Å². The van der Waals surface area contributed by atoms with Crippen LogP contribution < -0.4 is 9.64 Å². The molecule has 0 spiro atoms. The number of benzene rings is 3. The molecule has 0 aromatic heterocycles. The Balaban J connectivity index is 1.30. The van der Waals surface area contributed by atoms with Crippen molar-refractivity contribution in [1.29, 1.82) is 0 Å². The normalized spacial score (nSPS) is 11.4. The number of hydrogen-bond acceptors (Lipinski definition) is 7. The first-order chi connectivity index (χ1) is 19.5. The van der Waals surface area contributed by atoms with Gasteiger partial charge in [0.25, 0.3) is 0 Å². The molecule has 7 nitrogen and oxygen atoms in total. The summed E-state index contributed by atoms with van der Waals surface area (Å²) in [6, 6.07) is 23.1. The van der Waals surface area contributed by atoms with Crippen LogP contribution in [-0.4, -0.2) is 26.5 Å². The molecule has 0 bridgehead atoms. The number of nitrogens with zero attached hydrogens (tertiary/aromatic N) is 5. The lowest BCUT2D eigenvalue weighted by Crippen LogP contribution is -2.07. The highest BCUT2D eigenvalue weighted by Crippen LogP contribution is 2.25. The third kappa shape index (κ3) is 11.9. The van der Waals surface area contributed by atoms with Gasteiger partial charge in [-0.25, -0.2) is 0 Å². The van der Waals surface area contributed by atoms with E-state index in [0.717, 1.165) is 60.1 Å². The molecule has 3 rings (SSSR count). The van der Waals surface area contributed by atoms with Crippen LogP contribution in [0.3, 0.4) is 0 Å². The van der Waals surface area contributed by atoms with Crippen molar-refractivity contribution in [3.8, 4) is 5.75 Å². The minimum absolute atomic E-state index is 0.392. The van der Waals surface area contributed by atoms with Crippen LogP contribution in [-0.2, 0) is 4.79 Å². The molecule has 0 aliphatic heterocycles. The quantitative estimate of drug-likeness (QED) is 0.119. The molecular formula is C33H43N5O2. The Morgan fingerprint density at radius 1 is 0.600 bits per heavy atom. The van der Waals surface area contributed by atoms with Crippen LogP contribution in [0.1, 0.15) is 71.1 Å². The molecular weight excluding hydrogens is 498 g/mol. The second kappa shape index (κ2) is 17.7. The van der Waals surface area contributed by atoms with Crippen LogP contribution in [0.4, 0.5) is 28.4 Å². The standard InChI is InChI=1S/C33H43N5O2/c1-4-32(39)13-11-9-7-5-6-8-10-12-26-40-33-24-20-30(21-25-33)37-35-28-16-14-27(15-17-28)34-36-29-18-22-31(23-19-29)38(2)3/h14-25H,4-13,26H2,1-3H3. The lowest BCUT2D eigenvalue weighted by atomic mass is 10.1. The van der Waals surface area contributed by atoms with Gasteiger partial charge in [0.05, 0.1) is 29.4 Å². The lowest BCUT2D eigenvalue weighted by Gasteiger charge is -2.11. The van der Waals surface area contributed by atoms with Gasteiger partial charge in [-0.2, -0.15) is 20.5 Å². The summed E-state index contributed by atoms with van der Waals surface area (Å²) < 4.78 is 5.88. The molecule has 0 N–H and O–H groups in total. The monoisotopic (exact) mass is 541 g/mol. The fourth-order valence-corrected chi connectivity index (χ4v) is 4.10. The van der Waals surface area contributed by atoms with E-state index in [1.165, 1.54) is 38.5 Å². The molecule has 3 aromatic carbocycles. The summed E-state index contributed by atoms with van der Waals surface area (Å²) in [7, 11) is 4.02. The number of Topliss-reactive ketones (excluding diaryl/α,β-unsaturated/α-hetero) is 1. The Morgan fingerprint density at radius 2 is 1.00 bits per heavy atom. The molecule has 0 heterocycles. The molecule has 0 amide bonds. The van der Waals surface area contributed by atoms with E-state index < -0.39 is 0 Å². The minimum atomic E-state index is 0.392. The molecule has 212 valence electrons. The first kappa shape index (κ1) is 30.7. The van der Waals surface area contributed by atoms with E-state index in [1.807, 2.05) is 98.7 Å². The molecule has 0 radical (unpaired) electrons. The highest BCUT2D eigenvalue weighted by atomic mass is 16.5. The largest absolute Gasteiger partial charge is 0.494 e. The Kier molecular flexibility index (Phi) is 13.5. The summed E-state index contributed by atoms with van der Waals surface area (Å²) in [6.45, 7) is 2.67. The number of ether oxygens (including phenoxy) is 1. The van der Waals surface area contributed by atoms with Crippen molar-refractivity contribution in [3.63, 3.8) is 0 Å². The van der Waals surface area contributed by atoms with Crippen molar-refractivity contribution >= 4 is 34.2 Å². The van der Waals surface area contributed by atoms with Gasteiger partial charge in [-0.1, -0.05) is 45.4 Å². The van der Waals surface area contributed by atoms with Crippen LogP contribution in [0.5, 0.6) is 5.75 Å². The Labute approximate surface area is 239 Å². The van der Waals surface area contributed by atoms with Crippen molar-refractivity contribution in [2.45, 2.75) is 71.1 Å². The zero-order valence-electron chi connectivity index (χ0n) is 24.3. The summed E-state index contributed by atoms with van der Waals surface area (Å²) in [5.74, 6) is 1.25.